The van der Waals surface area contributed by atoms with Gasteiger partial charge in [-0.15, -0.1) is 11.3 Å². The van der Waals surface area contributed by atoms with Crippen molar-refractivity contribution >= 4 is 44.7 Å². The molecule has 7 nitrogen and oxygen atoms in total. The number of carbonyl (C=O) groups is 1. The number of thiophene rings is 1. The molecule has 0 atom stereocenters. The van der Waals surface area contributed by atoms with E-state index in [1.54, 1.807) is 24.3 Å². The summed E-state index contributed by atoms with van der Waals surface area (Å²) in [5.41, 5.74) is 1.44. The summed E-state index contributed by atoms with van der Waals surface area (Å²) in [6.45, 7) is 0.507. The average molecular weight is 406 g/mol. The van der Waals surface area contributed by atoms with Crippen molar-refractivity contribution in [3.05, 3.63) is 67.5 Å². The van der Waals surface area contributed by atoms with Crippen LogP contribution in [0.1, 0.15) is 20.8 Å². The maximum absolute atomic E-state index is 12.4. The second-order valence-electron chi connectivity index (χ2n) is 5.83. The first kappa shape index (κ1) is 17.7. The zero-order chi connectivity index (χ0) is 19.0. The van der Waals surface area contributed by atoms with E-state index in [-0.39, 0.29) is 19.1 Å². The third-order valence-corrected chi connectivity index (χ3v) is 5.34. The monoisotopic (exact) mass is 405 g/mol. The van der Waals surface area contributed by atoms with E-state index in [0.29, 0.717) is 33.2 Å². The van der Waals surface area contributed by atoms with E-state index >= 15 is 0 Å². The summed E-state index contributed by atoms with van der Waals surface area (Å²) in [5, 5.41) is 12.0. The maximum atomic E-state index is 12.4. The summed E-state index contributed by atoms with van der Waals surface area (Å²) in [6, 6.07) is 9.49. The van der Waals surface area contributed by atoms with Gasteiger partial charge in [0.05, 0.1) is 11.5 Å². The Bertz CT molecular complexity index is 1060. The number of halogens is 1. The third kappa shape index (κ3) is 3.59. The van der Waals surface area contributed by atoms with Crippen LogP contribution in [0.15, 0.2) is 36.4 Å². The Morgan fingerprint density at radius 2 is 2.15 bits per heavy atom. The summed E-state index contributed by atoms with van der Waals surface area (Å²) < 4.78 is 16.9. The Morgan fingerprint density at radius 3 is 2.96 bits per heavy atom. The number of hydrogen-bond acceptors (Lipinski definition) is 7. The Morgan fingerprint density at radius 1 is 1.30 bits per heavy atom. The number of non-ortho nitro benzene ring substituents is 1. The number of fused-ring (bicyclic) bond motifs is 2. The van der Waals surface area contributed by atoms with Crippen LogP contribution in [-0.2, 0) is 22.7 Å². The Hall–Kier alpha value is -2.68. The van der Waals surface area contributed by atoms with Gasteiger partial charge in [-0.3, -0.25) is 10.1 Å². The van der Waals surface area contributed by atoms with Crippen molar-refractivity contribution in [3.63, 3.8) is 0 Å². The molecule has 2 heterocycles. The maximum Gasteiger partial charge on any atom is 0.348 e. The van der Waals surface area contributed by atoms with Crippen molar-refractivity contribution in [1.82, 2.24) is 0 Å². The molecule has 4 rings (SSSR count). The minimum atomic E-state index is -0.514. The van der Waals surface area contributed by atoms with Gasteiger partial charge in [0.15, 0.2) is 6.79 Å². The van der Waals surface area contributed by atoms with Gasteiger partial charge >= 0.3 is 5.97 Å². The zero-order valence-electron chi connectivity index (χ0n) is 13.8. The molecule has 0 bridgehead atoms. The lowest BCUT2D eigenvalue weighted by Crippen LogP contribution is -2.14. The predicted octanol–water partition coefficient (Wildman–Crippen LogP) is 4.69. The average Bonchev–Trinajstić information content (AvgIpc) is 3.09. The topological polar surface area (TPSA) is 87.9 Å². The second kappa shape index (κ2) is 7.15. The van der Waals surface area contributed by atoms with Crippen molar-refractivity contribution in [2.75, 3.05) is 6.79 Å². The molecule has 0 amide bonds. The highest BCUT2D eigenvalue weighted by Crippen LogP contribution is 2.33. The Labute approximate surface area is 162 Å². The zero-order valence-corrected chi connectivity index (χ0v) is 15.3. The fourth-order valence-corrected chi connectivity index (χ4v) is 4.02. The van der Waals surface area contributed by atoms with E-state index in [0.717, 1.165) is 10.3 Å². The van der Waals surface area contributed by atoms with Gasteiger partial charge in [-0.2, -0.15) is 0 Å². The van der Waals surface area contributed by atoms with E-state index in [1.807, 2.05) is 0 Å². The first-order valence-corrected chi connectivity index (χ1v) is 9.07. The number of benzene rings is 2. The van der Waals surface area contributed by atoms with Crippen LogP contribution in [0.25, 0.3) is 10.1 Å². The van der Waals surface area contributed by atoms with Crippen LogP contribution < -0.4 is 4.74 Å². The molecule has 138 valence electrons. The summed E-state index contributed by atoms with van der Waals surface area (Å²) in [4.78, 5) is 23.2. The molecular weight excluding hydrogens is 394 g/mol. The quantitative estimate of drug-likeness (QED) is 0.355. The summed E-state index contributed by atoms with van der Waals surface area (Å²) in [6.07, 6.45) is 0. The molecule has 0 spiro atoms. The largest absolute Gasteiger partial charge is 0.467 e. The fraction of sp³-hybridized carbons (Fsp3) is 0.167. The molecule has 0 fully saturated rings. The highest BCUT2D eigenvalue weighted by Gasteiger charge is 2.19. The van der Waals surface area contributed by atoms with Crippen molar-refractivity contribution in [3.8, 4) is 5.75 Å². The van der Waals surface area contributed by atoms with Crippen molar-refractivity contribution in [1.29, 1.82) is 0 Å². The van der Waals surface area contributed by atoms with Gasteiger partial charge in [-0.05, 0) is 24.3 Å². The minimum Gasteiger partial charge on any atom is -0.467 e. The lowest BCUT2D eigenvalue weighted by Gasteiger charge is -2.21. The summed E-state index contributed by atoms with van der Waals surface area (Å²) >= 11 is 7.32. The highest BCUT2D eigenvalue weighted by atomic mass is 35.5. The van der Waals surface area contributed by atoms with E-state index in [1.165, 1.54) is 23.5 Å². The summed E-state index contributed by atoms with van der Waals surface area (Å²) in [5.74, 6) is 0.102. The van der Waals surface area contributed by atoms with Gasteiger partial charge < -0.3 is 14.2 Å². The van der Waals surface area contributed by atoms with Crippen molar-refractivity contribution < 1.29 is 23.9 Å². The third-order valence-electron chi connectivity index (χ3n) is 4.02. The van der Waals surface area contributed by atoms with Crippen LogP contribution >= 0.6 is 22.9 Å². The molecule has 9 heteroatoms. The van der Waals surface area contributed by atoms with E-state index < -0.39 is 10.9 Å². The number of nitro groups is 1. The first-order chi connectivity index (χ1) is 13.0. The smallest absolute Gasteiger partial charge is 0.348 e. The highest BCUT2D eigenvalue weighted by molar-refractivity contribution is 7.20. The van der Waals surface area contributed by atoms with Crippen LogP contribution in [0.5, 0.6) is 5.75 Å². The SMILES string of the molecule is O=C(OCc1cc(Cl)cc2c1OCOC2)c1cc2cc([N+](=O)[O-])ccc2s1. The van der Waals surface area contributed by atoms with Gasteiger partial charge in [0, 0.05) is 38.4 Å². The lowest BCUT2D eigenvalue weighted by molar-refractivity contribution is -0.384. The normalized spacial score (nSPS) is 13.1. The first-order valence-electron chi connectivity index (χ1n) is 7.88. The summed E-state index contributed by atoms with van der Waals surface area (Å²) in [7, 11) is 0. The molecule has 3 aromatic rings. The van der Waals surface area contributed by atoms with E-state index in [2.05, 4.69) is 0 Å². The Balaban J connectivity index is 1.54. The molecule has 1 aliphatic rings. The van der Waals surface area contributed by atoms with E-state index in [4.69, 9.17) is 25.8 Å². The van der Waals surface area contributed by atoms with Gasteiger partial charge in [-0.25, -0.2) is 4.79 Å². The molecule has 2 aromatic carbocycles. The molecule has 0 saturated carbocycles. The molecule has 0 unspecified atom stereocenters. The molecular formula is C18H12ClNO6S. The second-order valence-corrected chi connectivity index (χ2v) is 7.35. The van der Waals surface area contributed by atoms with Gasteiger partial charge in [-0.1, -0.05) is 11.6 Å². The predicted molar refractivity (Wildman–Crippen MR) is 99.3 cm³/mol. The number of nitro benzene ring substituents is 1. The Kier molecular flexibility index (Phi) is 4.69. The number of ether oxygens (including phenoxy) is 3. The standard InChI is InChI=1S/C18H12ClNO6S/c19-13-3-11-7-24-9-26-17(11)12(4-13)8-25-18(21)16-6-10-5-14(20(22)23)1-2-15(10)27-16/h1-6H,7-9H2. The number of rotatable bonds is 4. The number of nitrogens with zero attached hydrogens (tertiary/aromatic N) is 1. The molecule has 1 aromatic heterocycles. The number of carbonyl (C=O) groups excluding carboxylic acids is 1. The number of esters is 1. The van der Waals surface area contributed by atoms with Crippen LogP contribution in [0.4, 0.5) is 5.69 Å². The minimum absolute atomic E-state index is 0.00385. The molecule has 1 aliphatic heterocycles. The number of hydrogen-bond donors (Lipinski definition) is 0. The van der Waals surface area contributed by atoms with Crippen LogP contribution in [0.2, 0.25) is 5.02 Å². The van der Waals surface area contributed by atoms with Crippen LogP contribution in [0, 0.1) is 10.1 Å². The van der Waals surface area contributed by atoms with Gasteiger partial charge in [0.25, 0.3) is 5.69 Å². The molecule has 0 radical (unpaired) electrons. The van der Waals surface area contributed by atoms with Crippen LogP contribution in [-0.4, -0.2) is 17.7 Å². The molecule has 0 aliphatic carbocycles. The molecule has 0 saturated heterocycles. The van der Waals surface area contributed by atoms with Crippen molar-refractivity contribution in [2.24, 2.45) is 0 Å². The van der Waals surface area contributed by atoms with Crippen LogP contribution in [0.3, 0.4) is 0 Å². The lowest BCUT2D eigenvalue weighted by atomic mass is 10.1. The van der Waals surface area contributed by atoms with Crippen molar-refractivity contribution in [2.45, 2.75) is 13.2 Å². The molecule has 27 heavy (non-hydrogen) atoms. The van der Waals surface area contributed by atoms with E-state index in [9.17, 15) is 14.9 Å². The molecule has 0 N–H and O–H groups in total. The van der Waals surface area contributed by atoms with Gasteiger partial charge in [0.2, 0.25) is 0 Å². The fourth-order valence-electron chi connectivity index (χ4n) is 2.82. The van der Waals surface area contributed by atoms with Gasteiger partial charge in [0.1, 0.15) is 17.2 Å².